The van der Waals surface area contributed by atoms with Crippen LogP contribution in [-0.2, 0) is 6.54 Å². The van der Waals surface area contributed by atoms with Crippen LogP contribution in [-0.4, -0.2) is 19.6 Å². The van der Waals surface area contributed by atoms with Crippen LogP contribution in [0.5, 0.6) is 0 Å². The first-order chi connectivity index (χ1) is 16.0. The molecule has 3 heterocycles. The van der Waals surface area contributed by atoms with E-state index < -0.39 is 0 Å². The first kappa shape index (κ1) is 21.3. The van der Waals surface area contributed by atoms with E-state index in [9.17, 15) is 4.39 Å². The van der Waals surface area contributed by atoms with Gasteiger partial charge in [-0.1, -0.05) is 36.4 Å². The topological polar surface area (TPSA) is 33.1 Å². The number of hydrogen-bond acceptors (Lipinski definition) is 2. The molecule has 0 aliphatic carbocycles. The summed E-state index contributed by atoms with van der Waals surface area (Å²) in [4.78, 5) is 6.89. The summed E-state index contributed by atoms with van der Waals surface area (Å²) < 4.78 is 15.7. The Morgan fingerprint density at radius 2 is 1.70 bits per heavy atom. The summed E-state index contributed by atoms with van der Waals surface area (Å²) in [6.45, 7) is 4.89. The lowest BCUT2D eigenvalue weighted by atomic mass is 9.96. The van der Waals surface area contributed by atoms with E-state index in [4.69, 9.17) is 12.2 Å². The van der Waals surface area contributed by atoms with Crippen LogP contribution in [0.25, 0.3) is 5.69 Å². The number of nitrogens with one attached hydrogen (secondary N) is 1. The van der Waals surface area contributed by atoms with Crippen LogP contribution < -0.4 is 5.32 Å². The van der Waals surface area contributed by atoms with Crippen molar-refractivity contribution in [1.82, 2.24) is 19.8 Å². The second kappa shape index (κ2) is 8.79. The molecule has 1 saturated heterocycles. The molecule has 166 valence electrons. The maximum absolute atomic E-state index is 13.5. The van der Waals surface area contributed by atoms with Crippen LogP contribution >= 0.6 is 12.2 Å². The summed E-state index contributed by atoms with van der Waals surface area (Å²) >= 11 is 5.82. The fraction of sp³-hybridized carbons (Fsp3) is 0.185. The molecule has 6 heteroatoms. The molecule has 0 spiro atoms. The molecule has 0 radical (unpaired) electrons. The molecular formula is C27H25FN4S. The molecule has 0 saturated carbocycles. The van der Waals surface area contributed by atoms with Crippen molar-refractivity contribution in [1.29, 1.82) is 0 Å². The number of halogens is 1. The molecule has 2 atom stereocenters. The van der Waals surface area contributed by atoms with Crippen LogP contribution in [0.1, 0.15) is 40.3 Å². The molecule has 4 aromatic rings. The van der Waals surface area contributed by atoms with Crippen molar-refractivity contribution in [2.75, 3.05) is 0 Å². The third-order valence-electron chi connectivity index (χ3n) is 6.27. The van der Waals surface area contributed by atoms with Gasteiger partial charge in [0.1, 0.15) is 5.82 Å². The molecule has 1 N–H and O–H groups in total. The van der Waals surface area contributed by atoms with Crippen LogP contribution in [0.4, 0.5) is 4.39 Å². The number of rotatable bonds is 5. The Hall–Kier alpha value is -3.51. The van der Waals surface area contributed by atoms with Gasteiger partial charge in [0, 0.05) is 29.8 Å². The molecule has 5 rings (SSSR count). The third-order valence-corrected chi connectivity index (χ3v) is 6.62. The zero-order valence-electron chi connectivity index (χ0n) is 18.6. The van der Waals surface area contributed by atoms with Crippen molar-refractivity contribution < 1.29 is 4.39 Å². The van der Waals surface area contributed by atoms with Crippen molar-refractivity contribution in [3.8, 4) is 5.69 Å². The second-order valence-corrected chi connectivity index (χ2v) is 8.77. The molecule has 1 aliphatic rings. The van der Waals surface area contributed by atoms with Crippen molar-refractivity contribution >= 4 is 17.3 Å². The van der Waals surface area contributed by atoms with Crippen molar-refractivity contribution in [3.05, 3.63) is 119 Å². The van der Waals surface area contributed by atoms with E-state index in [2.05, 4.69) is 51.8 Å². The van der Waals surface area contributed by atoms with Gasteiger partial charge in [-0.05, 0) is 79.7 Å². The average Bonchev–Trinajstić information content (AvgIpc) is 3.31. The van der Waals surface area contributed by atoms with Crippen molar-refractivity contribution in [2.24, 2.45) is 0 Å². The smallest absolute Gasteiger partial charge is 0.170 e. The van der Waals surface area contributed by atoms with E-state index in [1.807, 2.05) is 54.7 Å². The predicted molar refractivity (Wildman–Crippen MR) is 133 cm³/mol. The maximum atomic E-state index is 13.5. The number of aromatic nitrogens is 2. The largest absolute Gasteiger partial charge is 0.352 e. The lowest BCUT2D eigenvalue weighted by Gasteiger charge is -2.28. The standard InChI is InChI=1S/C27H25FN4S/c1-18-16-23(19(2)32(18)22-13-11-21(28)12-14-22)26-25(24-10-6-7-15-29-24)30-27(33)31(26)17-20-8-4-3-5-9-20/h3-16,25-26H,17H2,1-2H3,(H,30,33)/t25-,26-/m1/s1. The third kappa shape index (κ3) is 4.02. The minimum Gasteiger partial charge on any atom is -0.352 e. The molecule has 1 fully saturated rings. The fourth-order valence-electron chi connectivity index (χ4n) is 4.77. The first-order valence-electron chi connectivity index (χ1n) is 11.0. The highest BCUT2D eigenvalue weighted by atomic mass is 32.1. The Balaban J connectivity index is 1.61. The number of aryl methyl sites for hydroxylation is 1. The van der Waals surface area contributed by atoms with E-state index in [-0.39, 0.29) is 17.9 Å². The van der Waals surface area contributed by atoms with Gasteiger partial charge in [0.25, 0.3) is 0 Å². The Morgan fingerprint density at radius 3 is 2.39 bits per heavy atom. The van der Waals surface area contributed by atoms with Gasteiger partial charge in [0.2, 0.25) is 0 Å². The molecule has 2 aromatic heterocycles. The summed E-state index contributed by atoms with van der Waals surface area (Å²) in [6.07, 6.45) is 1.82. The highest BCUT2D eigenvalue weighted by molar-refractivity contribution is 7.80. The maximum Gasteiger partial charge on any atom is 0.170 e. The molecule has 33 heavy (non-hydrogen) atoms. The number of nitrogens with zero attached hydrogens (tertiary/aromatic N) is 3. The Kier molecular flexibility index (Phi) is 5.68. The highest BCUT2D eigenvalue weighted by Gasteiger charge is 2.41. The van der Waals surface area contributed by atoms with E-state index in [1.54, 1.807) is 0 Å². The van der Waals surface area contributed by atoms with Gasteiger partial charge in [-0.15, -0.1) is 0 Å². The summed E-state index contributed by atoms with van der Waals surface area (Å²) in [5.41, 5.74) is 6.46. The van der Waals surface area contributed by atoms with Gasteiger partial charge in [-0.3, -0.25) is 4.98 Å². The van der Waals surface area contributed by atoms with Crippen LogP contribution in [0.3, 0.4) is 0 Å². The van der Waals surface area contributed by atoms with Gasteiger partial charge >= 0.3 is 0 Å². The number of hydrogen-bond donors (Lipinski definition) is 1. The Bertz CT molecular complexity index is 1270. The number of benzene rings is 2. The van der Waals surface area contributed by atoms with E-state index in [1.165, 1.54) is 23.3 Å². The molecule has 0 amide bonds. The van der Waals surface area contributed by atoms with Gasteiger partial charge in [0.05, 0.1) is 17.8 Å². The second-order valence-electron chi connectivity index (χ2n) is 8.38. The lowest BCUT2D eigenvalue weighted by Crippen LogP contribution is -2.29. The zero-order chi connectivity index (χ0) is 22.9. The molecule has 0 bridgehead atoms. The number of pyridine rings is 1. The minimum atomic E-state index is -0.240. The molecule has 0 unspecified atom stereocenters. The SMILES string of the molecule is Cc1cc([C@@H]2[C@@H](c3ccccn3)NC(=S)N2Cc2ccccc2)c(C)n1-c1ccc(F)cc1. The van der Waals surface area contributed by atoms with E-state index in [0.717, 1.165) is 22.8 Å². The van der Waals surface area contributed by atoms with Gasteiger partial charge < -0.3 is 14.8 Å². The van der Waals surface area contributed by atoms with E-state index in [0.29, 0.717) is 11.7 Å². The van der Waals surface area contributed by atoms with Crippen LogP contribution in [0.2, 0.25) is 0 Å². The fourth-order valence-corrected chi connectivity index (χ4v) is 5.07. The lowest BCUT2D eigenvalue weighted by molar-refractivity contribution is 0.310. The summed E-state index contributed by atoms with van der Waals surface area (Å²) in [6, 6.07) is 25.1. The van der Waals surface area contributed by atoms with Gasteiger partial charge in [-0.25, -0.2) is 4.39 Å². The molecule has 4 nitrogen and oxygen atoms in total. The minimum absolute atomic E-state index is 0.0343. The van der Waals surface area contributed by atoms with Crippen molar-refractivity contribution in [2.45, 2.75) is 32.5 Å². The van der Waals surface area contributed by atoms with Crippen molar-refractivity contribution in [3.63, 3.8) is 0 Å². The molecule has 2 aromatic carbocycles. The Labute approximate surface area is 198 Å². The van der Waals surface area contributed by atoms with E-state index >= 15 is 0 Å². The zero-order valence-corrected chi connectivity index (χ0v) is 19.4. The first-order valence-corrected chi connectivity index (χ1v) is 11.4. The highest BCUT2D eigenvalue weighted by Crippen LogP contribution is 2.42. The summed E-state index contributed by atoms with van der Waals surface area (Å²) in [7, 11) is 0. The van der Waals surface area contributed by atoms with Crippen LogP contribution in [0, 0.1) is 19.7 Å². The average molecular weight is 457 g/mol. The quantitative estimate of drug-likeness (QED) is 0.385. The Morgan fingerprint density at radius 1 is 0.970 bits per heavy atom. The van der Waals surface area contributed by atoms with Gasteiger partial charge in [-0.2, -0.15) is 0 Å². The monoisotopic (exact) mass is 456 g/mol. The molecule has 1 aliphatic heterocycles. The van der Waals surface area contributed by atoms with Crippen LogP contribution in [0.15, 0.2) is 85.1 Å². The summed E-state index contributed by atoms with van der Waals surface area (Å²) in [5, 5.41) is 4.24. The number of thiocarbonyl (C=S) groups is 1. The predicted octanol–water partition coefficient (Wildman–Crippen LogP) is 5.80. The summed E-state index contributed by atoms with van der Waals surface area (Å²) in [5.74, 6) is -0.240. The normalized spacial score (nSPS) is 17.9. The van der Waals surface area contributed by atoms with Gasteiger partial charge in [0.15, 0.2) is 5.11 Å². The molecular weight excluding hydrogens is 431 g/mol.